The third kappa shape index (κ3) is 3.35. The van der Waals surface area contributed by atoms with Gasteiger partial charge in [-0.25, -0.2) is 9.97 Å². The van der Waals surface area contributed by atoms with Crippen molar-refractivity contribution in [2.24, 2.45) is 5.92 Å². The van der Waals surface area contributed by atoms with E-state index in [9.17, 15) is 0 Å². The van der Waals surface area contributed by atoms with Gasteiger partial charge in [-0.15, -0.1) is 0 Å². The fourth-order valence-corrected chi connectivity index (χ4v) is 2.74. The topological polar surface area (TPSA) is 54.5 Å². The van der Waals surface area contributed by atoms with E-state index in [-0.39, 0.29) is 0 Å². The number of nitriles is 1. The summed E-state index contributed by atoms with van der Waals surface area (Å²) < 4.78 is 2.13. The normalized spacial score (nSPS) is 11.1. The smallest absolute Gasteiger partial charge is 0.160 e. The average Bonchev–Trinajstić information content (AvgIpc) is 2.84. The molecule has 3 rings (SSSR count). The number of rotatable bonds is 4. The number of nitrogens with zero attached hydrogens (tertiary/aromatic N) is 4. The van der Waals surface area contributed by atoms with Crippen LogP contribution in [0.25, 0.3) is 11.2 Å². The summed E-state index contributed by atoms with van der Waals surface area (Å²) in [4.78, 5) is 9.16. The number of imidazole rings is 1. The molecule has 0 bridgehead atoms. The van der Waals surface area contributed by atoms with Crippen molar-refractivity contribution in [2.45, 2.75) is 26.8 Å². The molecule has 0 aliphatic rings. The fraction of sp³-hybridized carbons (Fsp3) is 0.278. The standard InChI is InChI=1S/C18H17ClN4/c1-12(2)7-17-22-16-8-15(19)10-21-18(16)23(17)11-14-5-3-13(9-20)4-6-14/h3-6,8,10,12H,7,11H2,1-2H3. The second kappa shape index (κ2) is 6.39. The highest BCUT2D eigenvalue weighted by Crippen LogP contribution is 2.21. The molecule has 0 aliphatic heterocycles. The van der Waals surface area contributed by atoms with Crippen LogP contribution in [0.1, 0.15) is 30.8 Å². The van der Waals surface area contributed by atoms with Gasteiger partial charge in [0.15, 0.2) is 5.65 Å². The number of hydrogen-bond donors (Lipinski definition) is 0. The van der Waals surface area contributed by atoms with Gasteiger partial charge in [0.05, 0.1) is 23.2 Å². The summed E-state index contributed by atoms with van der Waals surface area (Å²) in [6.07, 6.45) is 2.53. The summed E-state index contributed by atoms with van der Waals surface area (Å²) in [7, 11) is 0. The summed E-state index contributed by atoms with van der Waals surface area (Å²) >= 11 is 6.04. The van der Waals surface area contributed by atoms with Gasteiger partial charge in [-0.1, -0.05) is 37.6 Å². The van der Waals surface area contributed by atoms with E-state index in [1.54, 1.807) is 6.20 Å². The summed E-state index contributed by atoms with van der Waals surface area (Å²) in [5.41, 5.74) is 3.44. The Kier molecular flexibility index (Phi) is 4.31. The van der Waals surface area contributed by atoms with Crippen molar-refractivity contribution in [3.05, 3.63) is 58.5 Å². The molecule has 3 aromatic rings. The minimum Gasteiger partial charge on any atom is -0.308 e. The van der Waals surface area contributed by atoms with Crippen LogP contribution in [0.4, 0.5) is 0 Å². The van der Waals surface area contributed by atoms with Gasteiger partial charge in [-0.2, -0.15) is 5.26 Å². The van der Waals surface area contributed by atoms with Crippen molar-refractivity contribution < 1.29 is 0 Å². The minimum atomic E-state index is 0.502. The second-order valence-electron chi connectivity index (χ2n) is 6.02. The lowest BCUT2D eigenvalue weighted by Gasteiger charge is -2.10. The maximum Gasteiger partial charge on any atom is 0.160 e. The molecule has 0 atom stereocenters. The van der Waals surface area contributed by atoms with Crippen LogP contribution < -0.4 is 0 Å². The van der Waals surface area contributed by atoms with E-state index >= 15 is 0 Å². The Morgan fingerprint density at radius 2 is 2.00 bits per heavy atom. The van der Waals surface area contributed by atoms with Crippen molar-refractivity contribution in [1.82, 2.24) is 14.5 Å². The number of hydrogen-bond acceptors (Lipinski definition) is 3. The number of pyridine rings is 1. The largest absolute Gasteiger partial charge is 0.308 e. The maximum atomic E-state index is 8.91. The molecule has 0 radical (unpaired) electrons. The molecule has 0 aliphatic carbocycles. The zero-order chi connectivity index (χ0) is 16.4. The lowest BCUT2D eigenvalue weighted by Crippen LogP contribution is -2.08. The van der Waals surface area contributed by atoms with Gasteiger partial charge >= 0.3 is 0 Å². The lowest BCUT2D eigenvalue weighted by molar-refractivity contribution is 0.594. The SMILES string of the molecule is CC(C)Cc1nc2cc(Cl)cnc2n1Cc1ccc(C#N)cc1. The number of halogens is 1. The predicted octanol–water partition coefficient (Wildman–Crippen LogP) is 4.20. The summed E-state index contributed by atoms with van der Waals surface area (Å²) in [5.74, 6) is 1.51. The molecule has 4 nitrogen and oxygen atoms in total. The zero-order valence-corrected chi connectivity index (χ0v) is 13.9. The van der Waals surface area contributed by atoms with Crippen LogP contribution in [0.3, 0.4) is 0 Å². The first-order valence-corrected chi connectivity index (χ1v) is 7.94. The number of aromatic nitrogens is 3. The highest BCUT2D eigenvalue weighted by Gasteiger charge is 2.14. The molecule has 2 aromatic heterocycles. The van der Waals surface area contributed by atoms with E-state index in [2.05, 4.69) is 29.5 Å². The third-order valence-electron chi connectivity index (χ3n) is 3.65. The average molecular weight is 325 g/mol. The van der Waals surface area contributed by atoms with Gasteiger partial charge in [0, 0.05) is 12.6 Å². The van der Waals surface area contributed by atoms with Crippen molar-refractivity contribution in [2.75, 3.05) is 0 Å². The van der Waals surface area contributed by atoms with E-state index in [4.69, 9.17) is 21.8 Å². The minimum absolute atomic E-state index is 0.502. The van der Waals surface area contributed by atoms with Crippen LogP contribution in [0.15, 0.2) is 36.5 Å². The molecule has 0 amide bonds. The van der Waals surface area contributed by atoms with E-state index in [1.165, 1.54) is 0 Å². The molecule has 0 saturated heterocycles. The van der Waals surface area contributed by atoms with Crippen molar-refractivity contribution in [3.8, 4) is 6.07 Å². The molecule has 2 heterocycles. The van der Waals surface area contributed by atoms with E-state index in [1.807, 2.05) is 30.3 Å². The first-order chi connectivity index (χ1) is 11.1. The molecule has 23 heavy (non-hydrogen) atoms. The Labute approximate surface area is 140 Å². The van der Waals surface area contributed by atoms with Crippen LogP contribution in [0.5, 0.6) is 0 Å². The molecular weight excluding hydrogens is 308 g/mol. The molecule has 0 fully saturated rings. The molecule has 0 unspecified atom stereocenters. The molecular formula is C18H17ClN4. The van der Waals surface area contributed by atoms with Gasteiger partial charge in [0.2, 0.25) is 0 Å². The predicted molar refractivity (Wildman–Crippen MR) is 91.3 cm³/mol. The first kappa shape index (κ1) is 15.5. The monoisotopic (exact) mass is 324 g/mol. The first-order valence-electron chi connectivity index (χ1n) is 7.56. The summed E-state index contributed by atoms with van der Waals surface area (Å²) in [6.45, 7) is 5.02. The van der Waals surface area contributed by atoms with Gasteiger partial charge in [-0.05, 0) is 29.7 Å². The molecule has 0 spiro atoms. The quantitative estimate of drug-likeness (QED) is 0.722. The van der Waals surface area contributed by atoms with Crippen LogP contribution >= 0.6 is 11.6 Å². The maximum absolute atomic E-state index is 8.91. The van der Waals surface area contributed by atoms with Gasteiger partial charge in [-0.3, -0.25) is 0 Å². The molecule has 1 aromatic carbocycles. The van der Waals surface area contributed by atoms with Gasteiger partial charge in [0.25, 0.3) is 0 Å². The van der Waals surface area contributed by atoms with Crippen LogP contribution in [-0.2, 0) is 13.0 Å². The van der Waals surface area contributed by atoms with E-state index in [0.29, 0.717) is 23.0 Å². The summed E-state index contributed by atoms with van der Waals surface area (Å²) in [5, 5.41) is 9.50. The molecule has 0 saturated carbocycles. The Bertz CT molecular complexity index is 872. The third-order valence-corrected chi connectivity index (χ3v) is 3.85. The van der Waals surface area contributed by atoms with E-state index < -0.39 is 0 Å². The molecule has 5 heteroatoms. The highest BCUT2D eigenvalue weighted by atomic mass is 35.5. The number of fused-ring (bicyclic) bond motifs is 1. The highest BCUT2D eigenvalue weighted by molar-refractivity contribution is 6.31. The Morgan fingerprint density at radius 3 is 2.65 bits per heavy atom. The van der Waals surface area contributed by atoms with Crippen molar-refractivity contribution >= 4 is 22.8 Å². The Balaban J connectivity index is 2.04. The van der Waals surface area contributed by atoms with Crippen molar-refractivity contribution in [3.63, 3.8) is 0 Å². The van der Waals surface area contributed by atoms with Gasteiger partial charge < -0.3 is 4.57 Å². The Morgan fingerprint density at radius 1 is 1.26 bits per heavy atom. The second-order valence-corrected chi connectivity index (χ2v) is 6.45. The van der Waals surface area contributed by atoms with Crippen LogP contribution in [0.2, 0.25) is 5.02 Å². The lowest BCUT2D eigenvalue weighted by atomic mass is 10.1. The molecule has 0 N–H and O–H groups in total. The molecule has 116 valence electrons. The fourth-order valence-electron chi connectivity index (χ4n) is 2.59. The van der Waals surface area contributed by atoms with Gasteiger partial charge in [0.1, 0.15) is 11.3 Å². The van der Waals surface area contributed by atoms with Crippen LogP contribution in [-0.4, -0.2) is 14.5 Å². The zero-order valence-electron chi connectivity index (χ0n) is 13.1. The summed E-state index contributed by atoms with van der Waals surface area (Å²) in [6, 6.07) is 11.6. The van der Waals surface area contributed by atoms with Crippen LogP contribution in [0, 0.1) is 17.2 Å². The number of benzene rings is 1. The van der Waals surface area contributed by atoms with E-state index in [0.717, 1.165) is 29.0 Å². The van der Waals surface area contributed by atoms with Crippen molar-refractivity contribution in [1.29, 1.82) is 5.26 Å². The Hall–Kier alpha value is -2.38.